The molecule has 182 valence electrons. The van der Waals surface area contributed by atoms with Crippen LogP contribution in [0.2, 0.25) is 0 Å². The summed E-state index contributed by atoms with van der Waals surface area (Å²) in [5.74, 6) is 3.14. The number of benzene rings is 3. The van der Waals surface area contributed by atoms with E-state index in [1.807, 2.05) is 54.6 Å². The molecule has 1 atom stereocenters. The van der Waals surface area contributed by atoms with Crippen molar-refractivity contribution in [1.82, 2.24) is 0 Å². The quantitative estimate of drug-likeness (QED) is 0.444. The Kier molecular flexibility index (Phi) is 6.51. The lowest BCUT2D eigenvalue weighted by Gasteiger charge is -2.24. The number of ketones is 1. The summed E-state index contributed by atoms with van der Waals surface area (Å²) in [6, 6.07) is 22.2. The first kappa shape index (κ1) is 23.8. The van der Waals surface area contributed by atoms with Gasteiger partial charge in [-0.25, -0.2) is 0 Å². The molecule has 0 aromatic heterocycles. The van der Waals surface area contributed by atoms with Gasteiger partial charge in [0.1, 0.15) is 5.78 Å². The van der Waals surface area contributed by atoms with Crippen LogP contribution in [0.1, 0.15) is 43.2 Å². The molecule has 0 amide bonds. The predicted octanol–water partition coefficient (Wildman–Crippen LogP) is 5.01. The van der Waals surface area contributed by atoms with Gasteiger partial charge in [-0.1, -0.05) is 48.9 Å². The number of ether oxygens (including phenoxy) is 2. The van der Waals surface area contributed by atoms with Crippen LogP contribution in [-0.4, -0.2) is 28.0 Å². The molecule has 0 radical (unpaired) electrons. The smallest absolute Gasteiger partial charge is 0.231 e. The molecule has 3 aromatic rings. The number of hydrogen-bond donors (Lipinski definition) is 0. The molecular weight excluding hydrogens is 460 g/mol. The Labute approximate surface area is 208 Å². The van der Waals surface area contributed by atoms with Crippen LogP contribution in [0, 0.1) is 5.92 Å². The van der Waals surface area contributed by atoms with Gasteiger partial charge in [-0.15, -0.1) is 0 Å². The lowest BCUT2D eigenvalue weighted by atomic mass is 9.87. The van der Waals surface area contributed by atoms with Crippen molar-refractivity contribution in [2.45, 2.75) is 48.8 Å². The lowest BCUT2D eigenvalue weighted by Crippen LogP contribution is -2.22. The Bertz CT molecular complexity index is 1260. The summed E-state index contributed by atoms with van der Waals surface area (Å²) >= 11 is 0. The second-order valence-corrected chi connectivity index (χ2v) is 11.3. The first-order valence-corrected chi connectivity index (χ1v) is 13.4. The minimum absolute atomic E-state index is 0. The van der Waals surface area contributed by atoms with E-state index in [2.05, 4.69) is 12.1 Å². The normalized spacial score (nSPS) is 18.3. The molecule has 2 N–H and O–H groups in total. The van der Waals surface area contributed by atoms with E-state index < -0.39 is 16.2 Å². The average Bonchev–Trinajstić information content (AvgIpc) is 3.52. The second-order valence-electron chi connectivity index (χ2n) is 9.78. The van der Waals surface area contributed by atoms with E-state index in [1.54, 1.807) is 0 Å². The maximum atomic E-state index is 13.4. The number of carbonyl (C=O) groups excluding carboxylic acids is 1. The third kappa shape index (κ3) is 4.65. The van der Waals surface area contributed by atoms with E-state index in [0.717, 1.165) is 57.2 Å². The van der Waals surface area contributed by atoms with Gasteiger partial charge in [-0.05, 0) is 78.1 Å². The van der Waals surface area contributed by atoms with E-state index in [0.29, 0.717) is 12.3 Å². The van der Waals surface area contributed by atoms with E-state index in [9.17, 15) is 9.00 Å². The molecular formula is C29H30O5S. The minimum Gasteiger partial charge on any atom is -0.454 e. The molecule has 3 aliphatic rings. The van der Waals surface area contributed by atoms with Crippen LogP contribution < -0.4 is 9.47 Å². The van der Waals surface area contributed by atoms with Crippen molar-refractivity contribution in [3.05, 3.63) is 77.9 Å². The zero-order chi connectivity index (χ0) is 23.1. The lowest BCUT2D eigenvalue weighted by molar-refractivity contribution is -0.120. The molecule has 2 saturated carbocycles. The number of Topliss-reactive ketones (excluding diaryl/α,β-unsaturated/α-hetero) is 1. The molecule has 0 bridgehead atoms. The van der Waals surface area contributed by atoms with Crippen molar-refractivity contribution in [2.75, 3.05) is 12.5 Å². The highest BCUT2D eigenvalue weighted by molar-refractivity contribution is 7.85. The highest BCUT2D eigenvalue weighted by Gasteiger charge is 2.50. The van der Waals surface area contributed by atoms with Gasteiger partial charge in [0.05, 0.1) is 16.2 Å². The maximum absolute atomic E-state index is 13.4. The van der Waals surface area contributed by atoms with Gasteiger partial charge < -0.3 is 14.9 Å². The Balaban J connectivity index is 0.00000253. The van der Waals surface area contributed by atoms with Crippen LogP contribution in [0.3, 0.4) is 0 Å². The van der Waals surface area contributed by atoms with Gasteiger partial charge in [0.15, 0.2) is 11.5 Å². The van der Waals surface area contributed by atoms with Gasteiger partial charge in [0.2, 0.25) is 6.79 Å². The molecule has 6 heteroatoms. The van der Waals surface area contributed by atoms with Crippen molar-refractivity contribution in [1.29, 1.82) is 0 Å². The van der Waals surface area contributed by atoms with Crippen molar-refractivity contribution < 1.29 is 24.0 Å². The van der Waals surface area contributed by atoms with Crippen LogP contribution in [0.5, 0.6) is 11.5 Å². The number of rotatable bonds is 8. The first-order valence-electron chi connectivity index (χ1n) is 12.1. The molecule has 0 saturated heterocycles. The van der Waals surface area contributed by atoms with E-state index in [1.165, 1.54) is 19.3 Å². The Morgan fingerprint density at radius 3 is 2.40 bits per heavy atom. The van der Waals surface area contributed by atoms with Crippen LogP contribution in [-0.2, 0) is 27.4 Å². The van der Waals surface area contributed by atoms with Gasteiger partial charge in [-0.3, -0.25) is 9.00 Å². The van der Waals surface area contributed by atoms with Crippen LogP contribution in [0.4, 0.5) is 0 Å². The summed E-state index contributed by atoms with van der Waals surface area (Å²) in [6.45, 7) is 0.240. The third-order valence-corrected chi connectivity index (χ3v) is 9.14. The molecule has 3 aromatic carbocycles. The summed E-state index contributed by atoms with van der Waals surface area (Å²) < 4.78 is 23.6. The topological polar surface area (TPSA) is 84.1 Å². The standard InChI is InChI=1S/C29H28O4S.H2O/c30-28(29(13-14-29)24-9-12-26-27(17-24)33-19-32-26)16-21-5-2-6-23(15-21)22-7-10-25(11-8-22)34(31)18-20-3-1-4-20;/h2,5-12,15,17,20H,1,3-4,13-14,16,18-19H2;1H2. The molecule has 5 nitrogen and oxygen atoms in total. The van der Waals surface area contributed by atoms with E-state index in [-0.39, 0.29) is 18.1 Å². The van der Waals surface area contributed by atoms with E-state index in [4.69, 9.17) is 9.47 Å². The van der Waals surface area contributed by atoms with Crippen molar-refractivity contribution >= 4 is 16.6 Å². The second kappa shape index (κ2) is 9.59. The zero-order valence-electron chi connectivity index (χ0n) is 19.6. The minimum atomic E-state index is -0.922. The third-order valence-electron chi connectivity index (χ3n) is 7.56. The molecule has 35 heavy (non-hydrogen) atoms. The summed E-state index contributed by atoms with van der Waals surface area (Å²) in [5, 5.41) is 0. The number of fused-ring (bicyclic) bond motifs is 1. The van der Waals surface area contributed by atoms with Gasteiger partial charge in [0, 0.05) is 17.1 Å². The highest BCUT2D eigenvalue weighted by Crippen LogP contribution is 2.51. The molecule has 0 spiro atoms. The highest BCUT2D eigenvalue weighted by atomic mass is 32.2. The summed E-state index contributed by atoms with van der Waals surface area (Å²) in [6.07, 6.45) is 5.87. The monoisotopic (exact) mass is 490 g/mol. The molecule has 2 fully saturated rings. The van der Waals surface area contributed by atoms with Crippen molar-refractivity contribution in [3.63, 3.8) is 0 Å². The average molecular weight is 491 g/mol. The number of carbonyl (C=O) groups is 1. The molecule has 1 heterocycles. The van der Waals surface area contributed by atoms with Crippen molar-refractivity contribution in [2.24, 2.45) is 5.92 Å². The van der Waals surface area contributed by atoms with Crippen LogP contribution in [0.25, 0.3) is 11.1 Å². The van der Waals surface area contributed by atoms with Gasteiger partial charge in [-0.2, -0.15) is 0 Å². The Morgan fingerprint density at radius 2 is 1.69 bits per heavy atom. The fourth-order valence-corrected chi connectivity index (χ4v) is 6.43. The molecule has 1 aliphatic heterocycles. The molecule has 6 rings (SSSR count). The van der Waals surface area contributed by atoms with Gasteiger partial charge >= 0.3 is 0 Å². The largest absolute Gasteiger partial charge is 0.454 e. The SMILES string of the molecule is O.O=C(Cc1cccc(-c2ccc(S(=O)CC3CCC3)cc2)c1)C1(c2ccc3c(c2)OCO3)CC1. The van der Waals surface area contributed by atoms with Crippen LogP contribution >= 0.6 is 0 Å². The fourth-order valence-electron chi connectivity index (χ4n) is 5.03. The van der Waals surface area contributed by atoms with E-state index >= 15 is 0 Å². The number of hydrogen-bond acceptors (Lipinski definition) is 4. The predicted molar refractivity (Wildman–Crippen MR) is 136 cm³/mol. The molecule has 1 unspecified atom stereocenters. The summed E-state index contributed by atoms with van der Waals surface area (Å²) in [4.78, 5) is 14.3. The van der Waals surface area contributed by atoms with Crippen LogP contribution in [0.15, 0.2) is 71.6 Å². The van der Waals surface area contributed by atoms with Gasteiger partial charge in [0.25, 0.3) is 0 Å². The zero-order valence-corrected chi connectivity index (χ0v) is 20.4. The Morgan fingerprint density at radius 1 is 0.914 bits per heavy atom. The maximum Gasteiger partial charge on any atom is 0.231 e. The fraction of sp³-hybridized carbons (Fsp3) is 0.345. The Hall–Kier alpha value is -2.96. The first-order chi connectivity index (χ1) is 16.6. The molecule has 2 aliphatic carbocycles. The summed E-state index contributed by atoms with van der Waals surface area (Å²) in [5.41, 5.74) is 3.81. The summed E-state index contributed by atoms with van der Waals surface area (Å²) in [7, 11) is -0.922. The van der Waals surface area contributed by atoms with Crippen molar-refractivity contribution in [3.8, 4) is 22.6 Å².